The van der Waals surface area contributed by atoms with Gasteiger partial charge in [-0.25, -0.2) is 0 Å². The summed E-state index contributed by atoms with van der Waals surface area (Å²) in [6.07, 6.45) is 4.65. The van der Waals surface area contributed by atoms with Crippen LogP contribution >= 0.6 is 0 Å². The van der Waals surface area contributed by atoms with E-state index in [-0.39, 0.29) is 0 Å². The van der Waals surface area contributed by atoms with Crippen LogP contribution in [0.25, 0.3) is 0 Å². The molecule has 0 aliphatic heterocycles. The summed E-state index contributed by atoms with van der Waals surface area (Å²) < 4.78 is 5.31. The van der Waals surface area contributed by atoms with Gasteiger partial charge in [0.2, 0.25) is 0 Å². The fourth-order valence-electron chi connectivity index (χ4n) is 2.29. The van der Waals surface area contributed by atoms with Crippen LogP contribution in [0.1, 0.15) is 18.1 Å². The molecule has 0 N–H and O–H groups in total. The summed E-state index contributed by atoms with van der Waals surface area (Å²) in [5, 5.41) is 0. The molecule has 0 saturated heterocycles. The van der Waals surface area contributed by atoms with Crippen LogP contribution < -0.4 is 0 Å². The number of ether oxygens (including phenoxy) is 1. The molecule has 19 heavy (non-hydrogen) atoms. The highest BCUT2D eigenvalue weighted by molar-refractivity contribution is 5.34. The lowest BCUT2D eigenvalue weighted by Gasteiger charge is -2.23. The highest BCUT2D eigenvalue weighted by atomic mass is 16.5. The predicted molar refractivity (Wildman–Crippen MR) is 77.8 cm³/mol. The Kier molecular flexibility index (Phi) is 5.10. The molecule has 2 rings (SSSR count). The van der Waals surface area contributed by atoms with E-state index in [9.17, 15) is 0 Å². The number of methoxy groups -OCH3 is 1. The molecule has 2 aromatic rings. The van der Waals surface area contributed by atoms with Crippen LogP contribution in [0.4, 0.5) is 0 Å². The second kappa shape index (κ2) is 7.05. The SMILES string of the molecule is COCC(C)[C](Cc1ccccc1)c1ccncc1. The predicted octanol–water partition coefficient (Wildman–Crippen LogP) is 3.53. The van der Waals surface area contributed by atoms with E-state index in [1.165, 1.54) is 17.0 Å². The van der Waals surface area contributed by atoms with E-state index in [0.717, 1.165) is 13.0 Å². The van der Waals surface area contributed by atoms with Crippen LogP contribution in [0, 0.1) is 11.8 Å². The lowest BCUT2D eigenvalue weighted by Crippen LogP contribution is -2.18. The van der Waals surface area contributed by atoms with Crippen molar-refractivity contribution in [2.24, 2.45) is 5.92 Å². The fraction of sp³-hybridized carbons (Fsp3) is 0.294. The minimum atomic E-state index is 0.396. The summed E-state index contributed by atoms with van der Waals surface area (Å²) in [5.41, 5.74) is 2.58. The normalized spacial score (nSPS) is 12.6. The van der Waals surface area contributed by atoms with Gasteiger partial charge in [0.05, 0.1) is 0 Å². The van der Waals surface area contributed by atoms with Crippen LogP contribution in [0.2, 0.25) is 0 Å². The molecule has 1 atom stereocenters. The van der Waals surface area contributed by atoms with Crippen LogP contribution in [0.5, 0.6) is 0 Å². The summed E-state index contributed by atoms with van der Waals surface area (Å²) in [7, 11) is 1.75. The Balaban J connectivity index is 2.20. The third kappa shape index (κ3) is 3.90. The smallest absolute Gasteiger partial charge is 0.0496 e. The van der Waals surface area contributed by atoms with Crippen molar-refractivity contribution in [2.75, 3.05) is 13.7 Å². The Morgan fingerprint density at radius 1 is 1.11 bits per heavy atom. The summed E-state index contributed by atoms with van der Waals surface area (Å²) in [6, 6.07) is 14.7. The molecular formula is C17H20NO. The molecule has 0 amide bonds. The van der Waals surface area contributed by atoms with Gasteiger partial charge in [-0.3, -0.25) is 4.98 Å². The lowest BCUT2D eigenvalue weighted by molar-refractivity contribution is 0.165. The number of aromatic nitrogens is 1. The molecule has 0 aliphatic rings. The third-order valence-corrected chi connectivity index (χ3v) is 3.30. The molecular weight excluding hydrogens is 234 g/mol. The first kappa shape index (κ1) is 13.8. The first-order valence-electron chi connectivity index (χ1n) is 6.60. The standard InChI is InChI=1S/C17H20NO/c1-14(13-19-2)17(16-8-10-18-11-9-16)12-15-6-4-3-5-7-15/h3-11,14H,12-13H2,1-2H3. The minimum Gasteiger partial charge on any atom is -0.384 e. The maximum Gasteiger partial charge on any atom is 0.0496 e. The quantitative estimate of drug-likeness (QED) is 0.786. The van der Waals surface area contributed by atoms with Crippen molar-refractivity contribution in [1.29, 1.82) is 0 Å². The van der Waals surface area contributed by atoms with Crippen LogP contribution in [-0.4, -0.2) is 18.7 Å². The molecule has 0 spiro atoms. The molecule has 2 nitrogen and oxygen atoms in total. The molecule has 1 aromatic heterocycles. The van der Waals surface area contributed by atoms with E-state index in [4.69, 9.17) is 4.74 Å². The highest BCUT2D eigenvalue weighted by Gasteiger charge is 2.20. The first-order chi connectivity index (χ1) is 9.31. The van der Waals surface area contributed by atoms with Gasteiger partial charge in [-0.1, -0.05) is 37.3 Å². The van der Waals surface area contributed by atoms with Gasteiger partial charge in [0.25, 0.3) is 0 Å². The molecule has 1 heterocycles. The topological polar surface area (TPSA) is 22.1 Å². The van der Waals surface area contributed by atoms with E-state index in [2.05, 4.69) is 48.3 Å². The van der Waals surface area contributed by atoms with Crippen molar-refractivity contribution >= 4 is 0 Å². The van der Waals surface area contributed by atoms with E-state index in [0.29, 0.717) is 5.92 Å². The van der Waals surface area contributed by atoms with Gasteiger partial charge in [0, 0.05) is 32.0 Å². The Morgan fingerprint density at radius 2 is 1.79 bits per heavy atom. The molecule has 1 unspecified atom stereocenters. The molecule has 99 valence electrons. The molecule has 0 fully saturated rings. The van der Waals surface area contributed by atoms with Gasteiger partial charge >= 0.3 is 0 Å². The largest absolute Gasteiger partial charge is 0.384 e. The highest BCUT2D eigenvalue weighted by Crippen LogP contribution is 2.27. The van der Waals surface area contributed by atoms with Crippen molar-refractivity contribution in [1.82, 2.24) is 4.98 Å². The summed E-state index contributed by atoms with van der Waals surface area (Å²) in [6.45, 7) is 2.95. The molecule has 0 aliphatic carbocycles. The third-order valence-electron chi connectivity index (χ3n) is 3.30. The minimum absolute atomic E-state index is 0.396. The van der Waals surface area contributed by atoms with Crippen LogP contribution in [0.3, 0.4) is 0 Å². The maximum absolute atomic E-state index is 5.31. The molecule has 0 saturated carbocycles. The summed E-state index contributed by atoms with van der Waals surface area (Å²) in [4.78, 5) is 4.10. The number of benzene rings is 1. The van der Waals surface area contributed by atoms with E-state index in [1.54, 1.807) is 7.11 Å². The van der Waals surface area contributed by atoms with Crippen molar-refractivity contribution in [3.8, 4) is 0 Å². The molecule has 1 aromatic carbocycles. The first-order valence-corrected chi connectivity index (χ1v) is 6.60. The molecule has 0 bridgehead atoms. The zero-order valence-corrected chi connectivity index (χ0v) is 11.5. The van der Waals surface area contributed by atoms with E-state index < -0.39 is 0 Å². The van der Waals surface area contributed by atoms with Crippen molar-refractivity contribution in [3.63, 3.8) is 0 Å². The average Bonchev–Trinajstić information content (AvgIpc) is 2.47. The van der Waals surface area contributed by atoms with Crippen LogP contribution in [-0.2, 0) is 11.2 Å². The Hall–Kier alpha value is -1.67. The summed E-state index contributed by atoms with van der Waals surface area (Å²) >= 11 is 0. The van der Waals surface area contributed by atoms with Gasteiger partial charge in [-0.05, 0) is 35.6 Å². The number of rotatable bonds is 6. The van der Waals surface area contributed by atoms with Gasteiger partial charge in [0.1, 0.15) is 0 Å². The average molecular weight is 254 g/mol. The number of hydrogen-bond donors (Lipinski definition) is 0. The number of hydrogen-bond acceptors (Lipinski definition) is 2. The van der Waals surface area contributed by atoms with Crippen molar-refractivity contribution in [2.45, 2.75) is 13.3 Å². The Morgan fingerprint density at radius 3 is 2.42 bits per heavy atom. The number of pyridine rings is 1. The number of nitrogens with zero attached hydrogens (tertiary/aromatic N) is 1. The van der Waals surface area contributed by atoms with Gasteiger partial charge in [-0.2, -0.15) is 0 Å². The Bertz CT molecular complexity index is 469. The zero-order chi connectivity index (χ0) is 13.5. The van der Waals surface area contributed by atoms with Gasteiger partial charge in [0.15, 0.2) is 0 Å². The summed E-state index contributed by atoms with van der Waals surface area (Å²) in [5.74, 6) is 1.79. The maximum atomic E-state index is 5.31. The fourth-order valence-corrected chi connectivity index (χ4v) is 2.29. The zero-order valence-electron chi connectivity index (χ0n) is 11.5. The van der Waals surface area contributed by atoms with Gasteiger partial charge < -0.3 is 4.74 Å². The van der Waals surface area contributed by atoms with Crippen molar-refractivity contribution in [3.05, 3.63) is 71.9 Å². The van der Waals surface area contributed by atoms with E-state index >= 15 is 0 Å². The van der Waals surface area contributed by atoms with Crippen molar-refractivity contribution < 1.29 is 4.74 Å². The monoisotopic (exact) mass is 254 g/mol. The second-order valence-corrected chi connectivity index (χ2v) is 4.78. The molecule has 2 heteroatoms. The Labute approximate surface area is 115 Å². The lowest BCUT2D eigenvalue weighted by atomic mass is 9.83. The second-order valence-electron chi connectivity index (χ2n) is 4.78. The van der Waals surface area contributed by atoms with E-state index in [1.807, 2.05) is 18.5 Å². The van der Waals surface area contributed by atoms with Crippen LogP contribution in [0.15, 0.2) is 54.9 Å². The molecule has 1 radical (unpaired) electrons. The van der Waals surface area contributed by atoms with Gasteiger partial charge in [-0.15, -0.1) is 0 Å².